The minimum Gasteiger partial charge on any atom is -0.350 e. The second kappa shape index (κ2) is 7.27. The van der Waals surface area contributed by atoms with Gasteiger partial charge in [0, 0.05) is 36.0 Å². The maximum Gasteiger partial charge on any atom is 0.274 e. The lowest BCUT2D eigenvalue weighted by molar-refractivity contribution is 0.433. The molecule has 144 valence electrons. The van der Waals surface area contributed by atoms with Gasteiger partial charge in [-0.05, 0) is 43.5 Å². The third kappa shape index (κ3) is 3.03. The van der Waals surface area contributed by atoms with E-state index in [-0.39, 0.29) is 11.6 Å². The van der Waals surface area contributed by atoms with Gasteiger partial charge in [0.2, 0.25) is 0 Å². The molecular weight excluding hydrogens is 346 g/mol. The second-order valence-electron chi connectivity index (χ2n) is 7.79. The van der Waals surface area contributed by atoms with E-state index in [0.29, 0.717) is 6.42 Å². The fraction of sp³-hybridized carbons (Fsp3) is 0.333. The lowest BCUT2D eigenvalue weighted by atomic mass is 10.0. The van der Waals surface area contributed by atoms with Gasteiger partial charge in [0.1, 0.15) is 0 Å². The standard InChI is InChI=1S/C24H27N3O/c1-5-9-17(3)27-24(28)20-12-7-6-11-19(20)21(25-27)14-18-15-26(4)22-13-8-10-16(2)23(18)22/h6-8,10-13,15,17H,5,9,14H2,1-4H3. The van der Waals surface area contributed by atoms with Crippen LogP contribution >= 0.6 is 0 Å². The number of hydrogen-bond acceptors (Lipinski definition) is 2. The van der Waals surface area contributed by atoms with Crippen LogP contribution in [0.4, 0.5) is 0 Å². The van der Waals surface area contributed by atoms with Crippen molar-refractivity contribution in [3.8, 4) is 0 Å². The first kappa shape index (κ1) is 18.5. The van der Waals surface area contributed by atoms with Crippen molar-refractivity contribution in [3.05, 3.63) is 75.8 Å². The minimum atomic E-state index is 0.00870. The van der Waals surface area contributed by atoms with Crippen molar-refractivity contribution in [2.24, 2.45) is 7.05 Å². The van der Waals surface area contributed by atoms with Crippen molar-refractivity contribution in [1.29, 1.82) is 0 Å². The van der Waals surface area contributed by atoms with Gasteiger partial charge in [-0.15, -0.1) is 0 Å². The zero-order chi connectivity index (χ0) is 19.8. The van der Waals surface area contributed by atoms with Crippen molar-refractivity contribution in [1.82, 2.24) is 14.3 Å². The molecule has 0 N–H and O–H groups in total. The average Bonchev–Trinajstić information content (AvgIpc) is 3.01. The van der Waals surface area contributed by atoms with Crippen LogP contribution in [0.3, 0.4) is 0 Å². The summed E-state index contributed by atoms with van der Waals surface area (Å²) in [5, 5.41) is 7.86. The van der Waals surface area contributed by atoms with Crippen molar-refractivity contribution in [2.45, 2.75) is 46.1 Å². The summed E-state index contributed by atoms with van der Waals surface area (Å²) in [6.07, 6.45) is 4.87. The number of benzene rings is 2. The van der Waals surface area contributed by atoms with E-state index in [2.05, 4.69) is 56.8 Å². The Bertz CT molecular complexity index is 1220. The summed E-state index contributed by atoms with van der Waals surface area (Å²) in [5.74, 6) is 0. The molecule has 0 fully saturated rings. The lowest BCUT2D eigenvalue weighted by Crippen LogP contribution is -2.27. The van der Waals surface area contributed by atoms with Crippen molar-refractivity contribution >= 4 is 21.7 Å². The molecule has 0 aliphatic rings. The Morgan fingerprint density at radius 2 is 1.82 bits per heavy atom. The number of fused-ring (bicyclic) bond motifs is 2. The van der Waals surface area contributed by atoms with E-state index in [1.165, 1.54) is 22.0 Å². The van der Waals surface area contributed by atoms with E-state index in [1.807, 2.05) is 24.3 Å². The van der Waals surface area contributed by atoms with Crippen LogP contribution in [0, 0.1) is 6.92 Å². The van der Waals surface area contributed by atoms with Crippen molar-refractivity contribution in [2.75, 3.05) is 0 Å². The Morgan fingerprint density at radius 3 is 2.57 bits per heavy atom. The molecule has 0 saturated heterocycles. The quantitative estimate of drug-likeness (QED) is 0.485. The summed E-state index contributed by atoms with van der Waals surface area (Å²) in [7, 11) is 2.08. The van der Waals surface area contributed by atoms with Crippen LogP contribution in [0.25, 0.3) is 21.7 Å². The highest BCUT2D eigenvalue weighted by Crippen LogP contribution is 2.27. The van der Waals surface area contributed by atoms with Crippen molar-refractivity contribution < 1.29 is 0 Å². The van der Waals surface area contributed by atoms with E-state index in [9.17, 15) is 4.79 Å². The molecule has 4 heteroatoms. The van der Waals surface area contributed by atoms with Gasteiger partial charge in [0.25, 0.3) is 5.56 Å². The lowest BCUT2D eigenvalue weighted by Gasteiger charge is -2.16. The highest BCUT2D eigenvalue weighted by atomic mass is 16.1. The molecular formula is C24H27N3O. The maximum atomic E-state index is 13.0. The van der Waals surface area contributed by atoms with Gasteiger partial charge < -0.3 is 4.57 Å². The predicted octanol–water partition coefficient (Wildman–Crippen LogP) is 5.15. The van der Waals surface area contributed by atoms with Gasteiger partial charge in [-0.2, -0.15) is 5.10 Å². The van der Waals surface area contributed by atoms with Gasteiger partial charge in [-0.1, -0.05) is 43.7 Å². The van der Waals surface area contributed by atoms with Crippen LogP contribution in [-0.2, 0) is 13.5 Å². The third-order valence-electron chi connectivity index (χ3n) is 5.69. The van der Waals surface area contributed by atoms with Crippen LogP contribution in [0.2, 0.25) is 0 Å². The molecule has 4 aromatic rings. The Hall–Kier alpha value is -2.88. The Balaban J connectivity index is 1.92. The molecule has 2 heterocycles. The number of rotatable bonds is 5. The highest BCUT2D eigenvalue weighted by Gasteiger charge is 2.17. The molecule has 0 aliphatic heterocycles. The predicted molar refractivity (Wildman–Crippen MR) is 116 cm³/mol. The zero-order valence-electron chi connectivity index (χ0n) is 17.1. The molecule has 0 bridgehead atoms. The van der Waals surface area contributed by atoms with Gasteiger partial charge in [-0.25, -0.2) is 4.68 Å². The van der Waals surface area contributed by atoms with Crippen LogP contribution in [0.15, 0.2) is 53.5 Å². The van der Waals surface area contributed by atoms with Gasteiger partial charge >= 0.3 is 0 Å². The molecule has 0 saturated carbocycles. The van der Waals surface area contributed by atoms with E-state index in [0.717, 1.165) is 29.3 Å². The third-order valence-corrected chi connectivity index (χ3v) is 5.69. The molecule has 4 nitrogen and oxygen atoms in total. The smallest absolute Gasteiger partial charge is 0.274 e. The Labute approximate surface area is 165 Å². The molecule has 2 aromatic carbocycles. The normalized spacial score (nSPS) is 12.7. The second-order valence-corrected chi connectivity index (χ2v) is 7.79. The number of aryl methyl sites for hydroxylation is 2. The molecule has 0 spiro atoms. The van der Waals surface area contributed by atoms with Crippen LogP contribution in [0.5, 0.6) is 0 Å². The first-order valence-electron chi connectivity index (χ1n) is 10.0. The molecule has 0 amide bonds. The number of hydrogen-bond donors (Lipinski definition) is 0. The SMILES string of the molecule is CCCC(C)n1nc(Cc2cn(C)c3cccc(C)c23)c2ccccc2c1=O. The number of nitrogens with zero attached hydrogens (tertiary/aromatic N) is 3. The van der Waals surface area contributed by atoms with E-state index in [4.69, 9.17) is 5.10 Å². The van der Waals surface area contributed by atoms with E-state index in [1.54, 1.807) is 4.68 Å². The highest BCUT2D eigenvalue weighted by molar-refractivity contribution is 5.89. The topological polar surface area (TPSA) is 39.8 Å². The van der Waals surface area contributed by atoms with E-state index >= 15 is 0 Å². The molecule has 28 heavy (non-hydrogen) atoms. The van der Waals surface area contributed by atoms with Crippen LogP contribution < -0.4 is 5.56 Å². The molecule has 1 unspecified atom stereocenters. The summed E-state index contributed by atoms with van der Waals surface area (Å²) in [6, 6.07) is 14.4. The van der Waals surface area contributed by atoms with Crippen LogP contribution in [0.1, 0.15) is 49.6 Å². The summed E-state index contributed by atoms with van der Waals surface area (Å²) in [6.45, 7) is 6.38. The largest absolute Gasteiger partial charge is 0.350 e. The first-order valence-corrected chi connectivity index (χ1v) is 10.0. The van der Waals surface area contributed by atoms with Gasteiger partial charge in [0.15, 0.2) is 0 Å². The zero-order valence-corrected chi connectivity index (χ0v) is 17.1. The maximum absolute atomic E-state index is 13.0. The Kier molecular flexibility index (Phi) is 4.80. The number of aromatic nitrogens is 3. The summed E-state index contributed by atoms with van der Waals surface area (Å²) in [5.41, 5.74) is 4.72. The first-order chi connectivity index (χ1) is 13.5. The van der Waals surface area contributed by atoms with Gasteiger partial charge in [0.05, 0.1) is 17.1 Å². The van der Waals surface area contributed by atoms with E-state index < -0.39 is 0 Å². The molecule has 4 rings (SSSR count). The fourth-order valence-electron chi connectivity index (χ4n) is 4.29. The molecule has 0 radical (unpaired) electrons. The summed E-state index contributed by atoms with van der Waals surface area (Å²) in [4.78, 5) is 13.0. The Morgan fingerprint density at radius 1 is 1.07 bits per heavy atom. The van der Waals surface area contributed by atoms with Crippen LogP contribution in [-0.4, -0.2) is 14.3 Å². The van der Waals surface area contributed by atoms with Crippen molar-refractivity contribution in [3.63, 3.8) is 0 Å². The monoisotopic (exact) mass is 373 g/mol. The fourth-order valence-corrected chi connectivity index (χ4v) is 4.29. The average molecular weight is 374 g/mol. The van der Waals surface area contributed by atoms with Gasteiger partial charge in [-0.3, -0.25) is 4.79 Å². The molecule has 0 aliphatic carbocycles. The minimum absolute atomic E-state index is 0.00870. The summed E-state index contributed by atoms with van der Waals surface area (Å²) >= 11 is 0. The molecule has 1 atom stereocenters. The molecule has 2 aromatic heterocycles. The summed E-state index contributed by atoms with van der Waals surface area (Å²) < 4.78 is 3.87.